The van der Waals surface area contributed by atoms with Gasteiger partial charge in [-0.1, -0.05) is 63.7 Å². The number of nitrogens with zero attached hydrogens (tertiary/aromatic N) is 3. The van der Waals surface area contributed by atoms with E-state index in [0.717, 1.165) is 0 Å². The van der Waals surface area contributed by atoms with Gasteiger partial charge in [0.1, 0.15) is 13.8 Å². The van der Waals surface area contributed by atoms with E-state index in [0.29, 0.717) is 11.6 Å². The van der Waals surface area contributed by atoms with Gasteiger partial charge in [0.25, 0.3) is 0 Å². The molecule has 1 rings (SSSR count). The maximum atomic E-state index is 4.16. The maximum Gasteiger partial charge on any atom is 0.156 e. The Labute approximate surface area is 103 Å². The first kappa shape index (κ1) is 11.0. The zero-order chi connectivity index (χ0) is 9.14. The zero-order valence-electron chi connectivity index (χ0n) is 5.59. The molecular formula is C5H3Br4N3. The molecule has 0 saturated carbocycles. The lowest BCUT2D eigenvalue weighted by molar-refractivity contribution is 0.903. The highest BCUT2D eigenvalue weighted by Gasteiger charge is 2.10. The second-order valence-electron chi connectivity index (χ2n) is 1.80. The Morgan fingerprint density at radius 2 is 1.33 bits per heavy atom. The molecule has 0 N–H and O–H groups in total. The summed E-state index contributed by atoms with van der Waals surface area (Å²) in [5.74, 6) is 1.31. The smallest absolute Gasteiger partial charge is 0.156 e. The summed E-state index contributed by atoms with van der Waals surface area (Å²) in [6, 6.07) is 0. The van der Waals surface area contributed by atoms with E-state index in [1.165, 1.54) is 6.33 Å². The van der Waals surface area contributed by atoms with Crippen LogP contribution in [-0.2, 0) is 0 Å². The van der Waals surface area contributed by atoms with Crippen LogP contribution in [-0.4, -0.2) is 15.0 Å². The number of hydrogen-bond acceptors (Lipinski definition) is 3. The van der Waals surface area contributed by atoms with Crippen molar-refractivity contribution in [3.63, 3.8) is 0 Å². The summed E-state index contributed by atoms with van der Waals surface area (Å²) in [4.78, 5) is 12.1. The van der Waals surface area contributed by atoms with E-state index >= 15 is 0 Å². The van der Waals surface area contributed by atoms with E-state index in [9.17, 15) is 0 Å². The summed E-state index contributed by atoms with van der Waals surface area (Å²) in [5.41, 5.74) is 0. The SMILES string of the molecule is BrC(Br)c1ncnc(C(Br)Br)n1. The van der Waals surface area contributed by atoms with E-state index in [-0.39, 0.29) is 7.47 Å². The number of aromatic nitrogens is 3. The summed E-state index contributed by atoms with van der Waals surface area (Å²) in [6.07, 6.45) is 1.47. The fourth-order valence-corrected chi connectivity index (χ4v) is 1.41. The molecule has 0 bridgehead atoms. The van der Waals surface area contributed by atoms with Gasteiger partial charge in [-0.3, -0.25) is 0 Å². The number of rotatable bonds is 2. The van der Waals surface area contributed by atoms with Crippen LogP contribution in [0.1, 0.15) is 19.1 Å². The maximum absolute atomic E-state index is 4.16. The van der Waals surface area contributed by atoms with Gasteiger partial charge in [0.05, 0.1) is 0 Å². The summed E-state index contributed by atoms with van der Waals surface area (Å²) in [6.45, 7) is 0. The molecule has 0 saturated heterocycles. The van der Waals surface area contributed by atoms with E-state index < -0.39 is 0 Å². The van der Waals surface area contributed by atoms with Crippen molar-refractivity contribution in [2.45, 2.75) is 7.47 Å². The van der Waals surface area contributed by atoms with E-state index in [4.69, 9.17) is 0 Å². The van der Waals surface area contributed by atoms with Crippen LogP contribution in [0, 0.1) is 0 Å². The first-order valence-corrected chi connectivity index (χ1v) is 6.52. The average molecular weight is 425 g/mol. The first-order chi connectivity index (χ1) is 5.61. The van der Waals surface area contributed by atoms with Crippen LogP contribution in [0.2, 0.25) is 0 Å². The molecule has 1 aromatic heterocycles. The van der Waals surface area contributed by atoms with Crippen molar-refractivity contribution in [2.24, 2.45) is 0 Å². The Morgan fingerprint density at radius 3 is 1.67 bits per heavy atom. The molecule has 0 unspecified atom stereocenters. The van der Waals surface area contributed by atoms with Crippen LogP contribution in [0.25, 0.3) is 0 Å². The van der Waals surface area contributed by atoms with Crippen molar-refractivity contribution in [1.82, 2.24) is 15.0 Å². The molecule has 0 atom stereocenters. The summed E-state index contributed by atoms with van der Waals surface area (Å²) < 4.78 is -0.0731. The topological polar surface area (TPSA) is 38.7 Å². The van der Waals surface area contributed by atoms with Crippen molar-refractivity contribution in [1.29, 1.82) is 0 Å². The van der Waals surface area contributed by atoms with Gasteiger partial charge >= 0.3 is 0 Å². The number of halogens is 4. The summed E-state index contributed by atoms with van der Waals surface area (Å²) in [5, 5.41) is 0. The summed E-state index contributed by atoms with van der Waals surface area (Å²) in [7, 11) is 0. The molecular weight excluding hydrogens is 422 g/mol. The fraction of sp³-hybridized carbons (Fsp3) is 0.400. The van der Waals surface area contributed by atoms with Crippen LogP contribution >= 0.6 is 63.7 Å². The van der Waals surface area contributed by atoms with Crippen LogP contribution < -0.4 is 0 Å². The predicted octanol–water partition coefficient (Wildman–Crippen LogP) is 3.45. The highest BCUT2D eigenvalue weighted by molar-refractivity contribution is 9.24. The third kappa shape index (κ3) is 3.01. The van der Waals surface area contributed by atoms with Crippen LogP contribution in [0.15, 0.2) is 6.33 Å². The monoisotopic (exact) mass is 421 g/mol. The second-order valence-corrected chi connectivity index (χ2v) is 7.92. The van der Waals surface area contributed by atoms with Gasteiger partial charge in [0, 0.05) is 0 Å². The Hall–Kier alpha value is 0.930. The quantitative estimate of drug-likeness (QED) is 0.683. The fourth-order valence-electron chi connectivity index (χ4n) is 0.533. The minimum Gasteiger partial charge on any atom is -0.219 e. The highest BCUT2D eigenvalue weighted by atomic mass is 79.9. The molecule has 0 aromatic carbocycles. The van der Waals surface area contributed by atoms with E-state index in [2.05, 4.69) is 78.7 Å². The van der Waals surface area contributed by atoms with Gasteiger partial charge in [-0.25, -0.2) is 15.0 Å². The normalized spacial score (nSPS) is 11.2. The molecule has 7 heteroatoms. The molecule has 0 aliphatic rings. The zero-order valence-corrected chi connectivity index (χ0v) is 11.9. The number of alkyl halides is 4. The molecule has 1 aromatic rings. The highest BCUT2D eigenvalue weighted by Crippen LogP contribution is 2.29. The Balaban J connectivity index is 2.96. The lowest BCUT2D eigenvalue weighted by atomic mass is 10.6. The lowest BCUT2D eigenvalue weighted by Crippen LogP contribution is -2.00. The molecule has 0 fully saturated rings. The van der Waals surface area contributed by atoms with Gasteiger partial charge in [0.2, 0.25) is 0 Å². The van der Waals surface area contributed by atoms with Crippen molar-refractivity contribution in [2.75, 3.05) is 0 Å². The predicted molar refractivity (Wildman–Crippen MR) is 61.0 cm³/mol. The molecule has 66 valence electrons. The van der Waals surface area contributed by atoms with E-state index in [1.807, 2.05) is 0 Å². The Bertz CT molecular complexity index is 241. The van der Waals surface area contributed by atoms with Crippen molar-refractivity contribution >= 4 is 63.7 Å². The molecule has 12 heavy (non-hydrogen) atoms. The van der Waals surface area contributed by atoms with Gasteiger partial charge < -0.3 is 0 Å². The van der Waals surface area contributed by atoms with Crippen LogP contribution in [0.4, 0.5) is 0 Å². The van der Waals surface area contributed by atoms with Gasteiger partial charge in [-0.05, 0) is 0 Å². The third-order valence-corrected chi connectivity index (χ3v) is 2.64. The second kappa shape index (κ2) is 4.97. The Morgan fingerprint density at radius 1 is 0.917 bits per heavy atom. The van der Waals surface area contributed by atoms with Gasteiger partial charge in [-0.2, -0.15) is 0 Å². The number of hydrogen-bond donors (Lipinski definition) is 0. The molecule has 0 amide bonds. The third-order valence-electron chi connectivity index (χ3n) is 0.999. The van der Waals surface area contributed by atoms with Gasteiger partial charge in [0.15, 0.2) is 11.6 Å². The standard InChI is InChI=1S/C5H3Br4N3/c6-2(7)4-10-1-11-5(12-4)3(8)9/h1-3H. The van der Waals surface area contributed by atoms with Gasteiger partial charge in [-0.15, -0.1) is 0 Å². The van der Waals surface area contributed by atoms with Crippen molar-refractivity contribution in [3.05, 3.63) is 18.0 Å². The average Bonchev–Trinajstić information content (AvgIpc) is 2.04. The molecule has 3 nitrogen and oxygen atoms in total. The minimum absolute atomic E-state index is 0.0366. The van der Waals surface area contributed by atoms with E-state index in [1.54, 1.807) is 0 Å². The largest absolute Gasteiger partial charge is 0.219 e. The molecule has 0 spiro atoms. The molecule has 0 radical (unpaired) electrons. The summed E-state index contributed by atoms with van der Waals surface area (Å²) >= 11 is 13.2. The minimum atomic E-state index is -0.0366. The lowest BCUT2D eigenvalue weighted by Gasteiger charge is -2.02. The van der Waals surface area contributed by atoms with Crippen LogP contribution in [0.3, 0.4) is 0 Å². The first-order valence-electron chi connectivity index (χ1n) is 2.86. The van der Waals surface area contributed by atoms with Crippen molar-refractivity contribution < 1.29 is 0 Å². The van der Waals surface area contributed by atoms with Crippen LogP contribution in [0.5, 0.6) is 0 Å². The molecule has 0 aliphatic heterocycles. The Kier molecular flexibility index (Phi) is 4.56. The van der Waals surface area contributed by atoms with Crippen molar-refractivity contribution in [3.8, 4) is 0 Å². The molecule has 1 heterocycles. The molecule has 0 aliphatic carbocycles.